The minimum atomic E-state index is 0.0228. The van der Waals surface area contributed by atoms with Gasteiger partial charge in [0.25, 0.3) is 5.56 Å². The number of benzene rings is 1. The molecule has 0 aliphatic carbocycles. The minimum absolute atomic E-state index is 0.0228. The summed E-state index contributed by atoms with van der Waals surface area (Å²) >= 11 is 5.33. The molecule has 0 amide bonds. The second kappa shape index (κ2) is 5.48. The van der Waals surface area contributed by atoms with E-state index in [4.69, 9.17) is 12.2 Å². The minimum Gasteiger partial charge on any atom is -0.332 e. The molecule has 1 heterocycles. The molecule has 1 atom stereocenters. The fourth-order valence-corrected chi connectivity index (χ4v) is 2.70. The number of fused-ring (bicyclic) bond motifs is 1. The van der Waals surface area contributed by atoms with E-state index in [2.05, 4.69) is 18.8 Å². The number of hydrogen-bond acceptors (Lipinski definition) is 2. The van der Waals surface area contributed by atoms with E-state index in [1.54, 1.807) is 4.57 Å². The molecule has 18 heavy (non-hydrogen) atoms. The lowest BCUT2D eigenvalue weighted by molar-refractivity contribution is 0.429. The molecular formula is C14H18N2OS. The normalized spacial score (nSPS) is 12.8. The lowest BCUT2D eigenvalue weighted by atomic mass is 10.1. The molecule has 0 saturated heterocycles. The summed E-state index contributed by atoms with van der Waals surface area (Å²) in [6.07, 6.45) is 2.95. The van der Waals surface area contributed by atoms with Crippen LogP contribution >= 0.6 is 12.2 Å². The van der Waals surface area contributed by atoms with Crippen molar-refractivity contribution in [1.82, 2.24) is 9.55 Å². The van der Waals surface area contributed by atoms with Gasteiger partial charge in [-0.1, -0.05) is 32.4 Å². The summed E-state index contributed by atoms with van der Waals surface area (Å²) in [5.74, 6) is 0. The third-order valence-corrected chi connectivity index (χ3v) is 3.59. The Hall–Kier alpha value is -1.42. The molecule has 2 aromatic rings. The van der Waals surface area contributed by atoms with Crippen LogP contribution in [0.15, 0.2) is 29.1 Å². The Bertz CT molecular complexity index is 657. The van der Waals surface area contributed by atoms with Gasteiger partial charge in [-0.3, -0.25) is 9.36 Å². The number of para-hydroxylation sites is 1. The second-order valence-electron chi connectivity index (χ2n) is 4.50. The average molecular weight is 262 g/mol. The number of rotatable bonds is 4. The largest absolute Gasteiger partial charge is 0.332 e. The van der Waals surface area contributed by atoms with Gasteiger partial charge in [-0.2, -0.15) is 0 Å². The summed E-state index contributed by atoms with van der Waals surface area (Å²) in [7, 11) is 0. The number of hydrogen-bond donors (Lipinski definition) is 1. The van der Waals surface area contributed by atoms with E-state index in [9.17, 15) is 4.79 Å². The summed E-state index contributed by atoms with van der Waals surface area (Å²) < 4.78 is 2.26. The van der Waals surface area contributed by atoms with Crippen LogP contribution in [0, 0.1) is 4.77 Å². The smallest absolute Gasteiger partial charge is 0.262 e. The molecule has 0 aliphatic heterocycles. The summed E-state index contributed by atoms with van der Waals surface area (Å²) in [5, 5.41) is 0.709. The van der Waals surface area contributed by atoms with Gasteiger partial charge in [0, 0.05) is 6.04 Å². The van der Waals surface area contributed by atoms with Gasteiger partial charge in [0.2, 0.25) is 0 Å². The number of H-pyrrole nitrogens is 1. The summed E-state index contributed by atoms with van der Waals surface area (Å²) in [5.41, 5.74) is 0.838. The highest BCUT2D eigenvalue weighted by Gasteiger charge is 2.13. The molecule has 0 aliphatic rings. The number of aromatic amines is 1. The zero-order valence-electron chi connectivity index (χ0n) is 10.8. The van der Waals surface area contributed by atoms with Crippen LogP contribution in [0.3, 0.4) is 0 Å². The van der Waals surface area contributed by atoms with Crippen molar-refractivity contribution >= 4 is 23.1 Å². The molecule has 2 rings (SSSR count). The van der Waals surface area contributed by atoms with Crippen molar-refractivity contribution < 1.29 is 0 Å². The van der Waals surface area contributed by atoms with Gasteiger partial charge < -0.3 is 4.98 Å². The van der Waals surface area contributed by atoms with E-state index in [-0.39, 0.29) is 11.6 Å². The summed E-state index contributed by atoms with van der Waals surface area (Å²) in [6, 6.07) is 7.71. The van der Waals surface area contributed by atoms with Gasteiger partial charge in [-0.15, -0.1) is 0 Å². The molecule has 0 spiro atoms. The molecular weight excluding hydrogens is 244 g/mol. The first-order valence-corrected chi connectivity index (χ1v) is 6.83. The van der Waals surface area contributed by atoms with Crippen LogP contribution in [0.25, 0.3) is 10.9 Å². The van der Waals surface area contributed by atoms with E-state index in [1.807, 2.05) is 24.3 Å². The molecule has 1 unspecified atom stereocenters. The van der Waals surface area contributed by atoms with Crippen LogP contribution < -0.4 is 5.56 Å². The monoisotopic (exact) mass is 262 g/mol. The third kappa shape index (κ3) is 2.25. The van der Waals surface area contributed by atoms with Crippen LogP contribution in [0.2, 0.25) is 0 Å². The highest BCUT2D eigenvalue weighted by Crippen LogP contribution is 2.17. The van der Waals surface area contributed by atoms with E-state index in [0.717, 1.165) is 24.8 Å². The van der Waals surface area contributed by atoms with E-state index in [0.29, 0.717) is 10.2 Å². The molecule has 96 valence electrons. The van der Waals surface area contributed by atoms with Crippen LogP contribution in [0.5, 0.6) is 0 Å². The van der Waals surface area contributed by atoms with Crippen LogP contribution in [-0.2, 0) is 0 Å². The van der Waals surface area contributed by atoms with Gasteiger partial charge in [-0.05, 0) is 37.2 Å². The Morgan fingerprint density at radius 3 is 2.72 bits per heavy atom. The molecule has 1 N–H and O–H groups in total. The molecule has 0 bridgehead atoms. The quantitative estimate of drug-likeness (QED) is 0.851. The first kappa shape index (κ1) is 13.0. The Morgan fingerprint density at radius 2 is 2.06 bits per heavy atom. The lowest BCUT2D eigenvalue weighted by Crippen LogP contribution is -2.26. The zero-order chi connectivity index (χ0) is 13.1. The molecule has 1 aromatic carbocycles. The summed E-state index contributed by atoms with van der Waals surface area (Å²) in [4.78, 5) is 15.7. The predicted octanol–water partition coefficient (Wildman–Crippen LogP) is 3.81. The highest BCUT2D eigenvalue weighted by molar-refractivity contribution is 7.71. The maximum atomic E-state index is 12.5. The summed E-state index contributed by atoms with van der Waals surface area (Å²) in [6.45, 7) is 4.22. The first-order valence-electron chi connectivity index (χ1n) is 6.42. The first-order chi connectivity index (χ1) is 8.69. The van der Waals surface area contributed by atoms with Gasteiger partial charge >= 0.3 is 0 Å². The fraction of sp³-hybridized carbons (Fsp3) is 0.429. The van der Waals surface area contributed by atoms with Crippen molar-refractivity contribution in [2.75, 3.05) is 0 Å². The van der Waals surface area contributed by atoms with E-state index < -0.39 is 0 Å². The molecule has 1 aromatic heterocycles. The Kier molecular flexibility index (Phi) is 3.97. The molecule has 4 heteroatoms. The molecule has 0 saturated carbocycles. The standard InChI is InChI=1S/C14H18N2OS/c1-3-7-10(4-2)16-13(17)11-8-5-6-9-12(11)15-14(16)18/h5-6,8-10H,3-4,7H2,1-2H3,(H,15,18). The second-order valence-corrected chi connectivity index (χ2v) is 4.89. The Balaban J connectivity index is 2.71. The number of nitrogens with zero attached hydrogens (tertiary/aromatic N) is 1. The highest BCUT2D eigenvalue weighted by atomic mass is 32.1. The topological polar surface area (TPSA) is 37.8 Å². The molecule has 0 fully saturated rings. The van der Waals surface area contributed by atoms with Crippen molar-refractivity contribution in [1.29, 1.82) is 0 Å². The van der Waals surface area contributed by atoms with Crippen LogP contribution in [0.4, 0.5) is 0 Å². The van der Waals surface area contributed by atoms with Crippen LogP contribution in [0.1, 0.15) is 39.2 Å². The Morgan fingerprint density at radius 1 is 1.33 bits per heavy atom. The Labute approximate surface area is 111 Å². The molecule has 0 radical (unpaired) electrons. The van der Waals surface area contributed by atoms with Gasteiger partial charge in [0.05, 0.1) is 10.9 Å². The fourth-order valence-electron chi connectivity index (χ4n) is 2.36. The van der Waals surface area contributed by atoms with Crippen molar-refractivity contribution in [2.45, 2.75) is 39.2 Å². The predicted molar refractivity (Wildman–Crippen MR) is 77.6 cm³/mol. The maximum absolute atomic E-state index is 12.5. The van der Waals surface area contributed by atoms with Gasteiger partial charge in [0.15, 0.2) is 4.77 Å². The molecule has 3 nitrogen and oxygen atoms in total. The zero-order valence-corrected chi connectivity index (χ0v) is 11.6. The van der Waals surface area contributed by atoms with E-state index in [1.165, 1.54) is 0 Å². The van der Waals surface area contributed by atoms with Crippen molar-refractivity contribution in [3.63, 3.8) is 0 Å². The maximum Gasteiger partial charge on any atom is 0.262 e. The number of aromatic nitrogens is 2. The van der Waals surface area contributed by atoms with Crippen molar-refractivity contribution in [2.24, 2.45) is 0 Å². The number of nitrogens with one attached hydrogen (secondary N) is 1. The van der Waals surface area contributed by atoms with E-state index >= 15 is 0 Å². The van der Waals surface area contributed by atoms with Crippen molar-refractivity contribution in [3.8, 4) is 0 Å². The lowest BCUT2D eigenvalue weighted by Gasteiger charge is -2.18. The third-order valence-electron chi connectivity index (χ3n) is 3.29. The van der Waals surface area contributed by atoms with Gasteiger partial charge in [0.1, 0.15) is 0 Å². The van der Waals surface area contributed by atoms with Crippen LogP contribution in [-0.4, -0.2) is 9.55 Å². The SMILES string of the molecule is CCCC(CC)n1c(=S)[nH]c2ccccc2c1=O. The van der Waals surface area contributed by atoms with Gasteiger partial charge in [-0.25, -0.2) is 0 Å². The van der Waals surface area contributed by atoms with Crippen molar-refractivity contribution in [3.05, 3.63) is 39.4 Å². The average Bonchev–Trinajstić information content (AvgIpc) is 2.37.